The molecule has 0 spiro atoms. The van der Waals surface area contributed by atoms with Crippen LogP contribution in [-0.2, 0) is 24.3 Å². The molecule has 1 N–H and O–H groups in total. The van der Waals surface area contributed by atoms with E-state index in [1.54, 1.807) is 6.08 Å². The van der Waals surface area contributed by atoms with Gasteiger partial charge in [-0.15, -0.1) is 11.4 Å². The minimum absolute atomic E-state index is 0. The van der Waals surface area contributed by atoms with Crippen molar-refractivity contribution in [1.82, 2.24) is 4.98 Å². The molecule has 5 heterocycles. The van der Waals surface area contributed by atoms with Gasteiger partial charge in [-0.3, -0.25) is 4.99 Å². The van der Waals surface area contributed by atoms with Gasteiger partial charge in [0.1, 0.15) is 0 Å². The van der Waals surface area contributed by atoms with Crippen LogP contribution in [0.3, 0.4) is 0 Å². The summed E-state index contributed by atoms with van der Waals surface area (Å²) >= 11 is 0. The van der Waals surface area contributed by atoms with Crippen molar-refractivity contribution in [3.05, 3.63) is 232 Å². The minimum Gasteiger partial charge on any atom is -0.660 e. The maximum absolute atomic E-state index is 11.9. The van der Waals surface area contributed by atoms with Gasteiger partial charge in [0.05, 0.1) is 34.2 Å². The maximum Gasteiger partial charge on any atom is 0.328 e. The molecule has 54 heavy (non-hydrogen) atoms. The van der Waals surface area contributed by atoms with Gasteiger partial charge in [-0.25, -0.2) is 14.8 Å². The topological polar surface area (TPSA) is 88.5 Å². The number of carboxylic acid groups (broad SMARTS) is 1. The molecule has 4 aliphatic heterocycles. The molecule has 8 bridgehead atoms. The van der Waals surface area contributed by atoms with Gasteiger partial charge in [0.25, 0.3) is 0 Å². The summed E-state index contributed by atoms with van der Waals surface area (Å²) in [5.74, 6) is -1.28. The zero-order valence-electron chi connectivity index (χ0n) is 29.2. The number of hydrogen-bond donors (Lipinski definition) is 1. The van der Waals surface area contributed by atoms with Crippen molar-refractivity contribution in [1.29, 1.82) is 0 Å². The molecule has 1 aromatic heterocycles. The minimum atomic E-state index is -1.04. The van der Waals surface area contributed by atoms with Crippen LogP contribution in [0, 0.1) is 0 Å². The van der Waals surface area contributed by atoms with Crippen LogP contribution >= 0.6 is 0 Å². The smallest absolute Gasteiger partial charge is 0.328 e. The molecule has 0 saturated heterocycles. The van der Waals surface area contributed by atoms with Crippen molar-refractivity contribution in [3.63, 3.8) is 0 Å². The first-order valence-electron chi connectivity index (χ1n) is 17.4. The Bertz CT molecular complexity index is 2600. The van der Waals surface area contributed by atoms with Crippen molar-refractivity contribution in [3.8, 4) is 0 Å². The average molecular weight is 749 g/mol. The van der Waals surface area contributed by atoms with Crippen LogP contribution in [0.1, 0.15) is 39.6 Å². The first-order valence-corrected chi connectivity index (χ1v) is 17.4. The number of allylic oxidation sites excluding steroid dienone is 8. The maximum atomic E-state index is 11.9. The molecule has 5 aromatic rings. The Morgan fingerprint density at radius 3 is 1.81 bits per heavy atom. The Kier molecular flexibility index (Phi) is 9.48. The van der Waals surface area contributed by atoms with Gasteiger partial charge in [0.15, 0.2) is 0 Å². The molecule has 1 unspecified atom stereocenters. The van der Waals surface area contributed by atoms with Gasteiger partial charge in [-0.1, -0.05) is 133 Å². The number of benzene rings is 4. The fourth-order valence-electron chi connectivity index (χ4n) is 7.26. The van der Waals surface area contributed by atoms with Gasteiger partial charge >= 0.3 is 5.97 Å². The van der Waals surface area contributed by atoms with Crippen LogP contribution in [0.4, 0.5) is 0 Å². The third-order valence-electron chi connectivity index (χ3n) is 9.60. The molecule has 0 radical (unpaired) electrons. The van der Waals surface area contributed by atoms with E-state index in [1.165, 1.54) is 0 Å². The number of carbonyl (C=O) groups is 1. The molecule has 0 amide bonds. The second kappa shape index (κ2) is 14.8. The number of carboxylic acids is 1. The second-order valence-electron chi connectivity index (χ2n) is 12.9. The molecular formula is C47H31N4O2Zn-. The van der Waals surface area contributed by atoms with Gasteiger partial charge in [-0.05, 0) is 64.3 Å². The van der Waals surface area contributed by atoms with E-state index in [1.807, 2.05) is 109 Å². The summed E-state index contributed by atoms with van der Waals surface area (Å²) in [5.41, 5.74) is 13.2. The first-order chi connectivity index (χ1) is 26.1. The molecule has 9 rings (SSSR count). The Labute approximate surface area is 325 Å². The SMILES string of the molecule is O=C(O)C=CC1=CC2=NC/1=C(/c1ccccc1)C1=NC(=C(c3ccccc3)c3ccc([n-]3)C(c3ccccc3)C3=N/C(=C\2c2ccccc2)C=C3)C=C1.[Zn]. The normalized spacial score (nSPS) is 20.1. The van der Waals surface area contributed by atoms with Crippen molar-refractivity contribution < 1.29 is 29.4 Å². The van der Waals surface area contributed by atoms with E-state index in [9.17, 15) is 9.90 Å². The van der Waals surface area contributed by atoms with E-state index < -0.39 is 5.97 Å². The van der Waals surface area contributed by atoms with Crippen LogP contribution in [-0.4, -0.2) is 28.2 Å². The van der Waals surface area contributed by atoms with E-state index >= 15 is 0 Å². The largest absolute Gasteiger partial charge is 0.660 e. The standard InChI is InChI=1S/C47H32N4O2.Zn/c52-42(53)28-21-34-29-41-45(32-17-9-3-10-18-32)39-25-24-37(49-39)43(30-13-5-1-6-14-30)35-22-23-36(48-35)44(31-15-7-2-8-16-31)38-26-27-40(50-38)46(47(34)51-41)33-19-11-4-12-20-33;/h1-29,43H,(H2,48,49,50,51,52,53);/p-1. The summed E-state index contributed by atoms with van der Waals surface area (Å²) in [6, 6.07) is 44.8. The molecule has 4 aromatic carbocycles. The van der Waals surface area contributed by atoms with Crippen molar-refractivity contribution in [2.24, 2.45) is 15.0 Å². The summed E-state index contributed by atoms with van der Waals surface area (Å²) < 4.78 is 0. The zero-order chi connectivity index (χ0) is 35.7. The Hall–Kier alpha value is -6.56. The van der Waals surface area contributed by atoms with E-state index in [-0.39, 0.29) is 25.4 Å². The molecule has 1 atom stereocenters. The molecule has 0 aliphatic carbocycles. The fourth-order valence-corrected chi connectivity index (χ4v) is 7.26. The van der Waals surface area contributed by atoms with Gasteiger partial charge in [0.2, 0.25) is 0 Å². The number of hydrogen-bond acceptors (Lipinski definition) is 4. The molecule has 4 aliphatic rings. The first kappa shape index (κ1) is 34.5. The van der Waals surface area contributed by atoms with Crippen molar-refractivity contribution in [2.75, 3.05) is 0 Å². The van der Waals surface area contributed by atoms with Crippen LogP contribution in [0.25, 0.3) is 16.7 Å². The summed E-state index contributed by atoms with van der Waals surface area (Å²) in [4.78, 5) is 33.2. The van der Waals surface area contributed by atoms with Crippen LogP contribution in [0.5, 0.6) is 0 Å². The number of aliphatic imine (C=N–C) groups is 3. The third kappa shape index (κ3) is 6.51. The van der Waals surface area contributed by atoms with Crippen LogP contribution < -0.4 is 4.98 Å². The number of aromatic nitrogens is 1. The van der Waals surface area contributed by atoms with Gasteiger partial charge < -0.3 is 10.1 Å². The molecule has 6 nitrogen and oxygen atoms in total. The Morgan fingerprint density at radius 2 is 1.17 bits per heavy atom. The van der Waals surface area contributed by atoms with E-state index in [2.05, 4.69) is 54.6 Å². The van der Waals surface area contributed by atoms with Crippen LogP contribution in [0.15, 0.2) is 214 Å². The number of rotatable bonds is 6. The molecule has 0 fully saturated rings. The second-order valence-corrected chi connectivity index (χ2v) is 12.9. The predicted molar refractivity (Wildman–Crippen MR) is 213 cm³/mol. The van der Waals surface area contributed by atoms with E-state index in [0.717, 1.165) is 73.5 Å². The number of nitrogens with zero attached hydrogens (tertiary/aromatic N) is 4. The van der Waals surface area contributed by atoms with E-state index in [0.29, 0.717) is 22.7 Å². The quantitative estimate of drug-likeness (QED) is 0.139. The summed E-state index contributed by atoms with van der Waals surface area (Å²) in [7, 11) is 0. The molecule has 254 valence electrons. The molecular weight excluding hydrogens is 718 g/mol. The average Bonchev–Trinajstić information content (AvgIpc) is 4.03. The summed E-state index contributed by atoms with van der Waals surface area (Å²) in [6.45, 7) is 0. The van der Waals surface area contributed by atoms with Crippen LogP contribution in [0.2, 0.25) is 0 Å². The van der Waals surface area contributed by atoms with Crippen molar-refractivity contribution in [2.45, 2.75) is 5.92 Å². The van der Waals surface area contributed by atoms with Gasteiger partial charge in [-0.2, -0.15) is 0 Å². The summed E-state index contributed by atoms with van der Waals surface area (Å²) in [5, 5.41) is 9.75. The number of fused-ring (bicyclic) bond motifs is 5. The van der Waals surface area contributed by atoms with Gasteiger partial charge in [0, 0.05) is 48.2 Å². The monoisotopic (exact) mass is 747 g/mol. The Morgan fingerprint density at radius 1 is 0.593 bits per heavy atom. The third-order valence-corrected chi connectivity index (χ3v) is 9.60. The molecule has 7 heteroatoms. The predicted octanol–water partition coefficient (Wildman–Crippen LogP) is 9.41. The Balaban J connectivity index is 0.00000413. The number of aliphatic carboxylic acids is 1. The molecule has 0 saturated carbocycles. The summed E-state index contributed by atoms with van der Waals surface area (Å²) in [6.07, 6.45) is 12.9. The zero-order valence-corrected chi connectivity index (χ0v) is 32.1. The fraction of sp³-hybridized carbons (Fsp3) is 0.0213. The van der Waals surface area contributed by atoms with Crippen molar-refractivity contribution >= 4 is 39.8 Å². The van der Waals surface area contributed by atoms with E-state index in [4.69, 9.17) is 20.0 Å².